The first-order valence-electron chi connectivity index (χ1n) is 7.92. The van der Waals surface area contributed by atoms with E-state index in [2.05, 4.69) is 80.7 Å². The van der Waals surface area contributed by atoms with Gasteiger partial charge in [-0.1, -0.05) is 75.4 Å². The average molecular weight is 279 g/mol. The molecule has 2 aromatic rings. The molecule has 110 valence electrons. The highest BCUT2D eigenvalue weighted by Crippen LogP contribution is 2.34. The summed E-state index contributed by atoms with van der Waals surface area (Å²) in [6, 6.07) is 20.6. The van der Waals surface area contributed by atoms with Gasteiger partial charge in [-0.3, -0.25) is 0 Å². The lowest BCUT2D eigenvalue weighted by atomic mass is 9.82. The third kappa shape index (κ3) is 3.19. The molecule has 1 heteroatoms. The van der Waals surface area contributed by atoms with Crippen LogP contribution >= 0.6 is 0 Å². The van der Waals surface area contributed by atoms with E-state index in [-0.39, 0.29) is 5.41 Å². The Kier molecular flexibility index (Phi) is 3.86. The third-order valence-corrected chi connectivity index (χ3v) is 4.45. The maximum absolute atomic E-state index is 3.92. The lowest BCUT2D eigenvalue weighted by Crippen LogP contribution is -2.39. The zero-order valence-corrected chi connectivity index (χ0v) is 13.3. The number of hydrogen-bond acceptors (Lipinski definition) is 1. The van der Waals surface area contributed by atoms with Crippen LogP contribution in [0.2, 0.25) is 0 Å². The van der Waals surface area contributed by atoms with Crippen molar-refractivity contribution in [2.75, 3.05) is 0 Å². The fourth-order valence-electron chi connectivity index (χ4n) is 3.40. The van der Waals surface area contributed by atoms with Gasteiger partial charge in [0.2, 0.25) is 0 Å². The fraction of sp³-hybridized carbons (Fsp3) is 0.400. The largest absolute Gasteiger partial charge is 0.306 e. The van der Waals surface area contributed by atoms with Gasteiger partial charge in [-0.05, 0) is 34.9 Å². The van der Waals surface area contributed by atoms with E-state index in [0.717, 1.165) is 12.8 Å². The molecule has 0 saturated heterocycles. The second kappa shape index (κ2) is 5.65. The van der Waals surface area contributed by atoms with Crippen molar-refractivity contribution in [3.8, 4) is 0 Å². The van der Waals surface area contributed by atoms with Crippen LogP contribution in [0.1, 0.15) is 43.5 Å². The summed E-state index contributed by atoms with van der Waals surface area (Å²) >= 11 is 0. The average Bonchev–Trinajstić information content (AvgIpc) is 2.87. The SMILES string of the molecule is CC(C)(C)C(NC1Cc2ccccc2C1)c1ccccc1. The summed E-state index contributed by atoms with van der Waals surface area (Å²) < 4.78 is 0. The highest BCUT2D eigenvalue weighted by molar-refractivity contribution is 5.33. The van der Waals surface area contributed by atoms with Crippen molar-refractivity contribution in [3.05, 3.63) is 71.3 Å². The number of benzene rings is 2. The van der Waals surface area contributed by atoms with Gasteiger partial charge in [0.05, 0.1) is 0 Å². The van der Waals surface area contributed by atoms with Gasteiger partial charge in [0, 0.05) is 12.1 Å². The van der Waals surface area contributed by atoms with Crippen LogP contribution in [0.4, 0.5) is 0 Å². The van der Waals surface area contributed by atoms with E-state index >= 15 is 0 Å². The molecule has 1 aliphatic rings. The normalized spacial score (nSPS) is 16.7. The van der Waals surface area contributed by atoms with Crippen molar-refractivity contribution >= 4 is 0 Å². The van der Waals surface area contributed by atoms with Gasteiger partial charge in [0.25, 0.3) is 0 Å². The number of hydrogen-bond donors (Lipinski definition) is 1. The Morgan fingerprint density at radius 3 is 1.90 bits per heavy atom. The van der Waals surface area contributed by atoms with Crippen LogP contribution < -0.4 is 5.32 Å². The highest BCUT2D eigenvalue weighted by Gasteiger charge is 2.30. The van der Waals surface area contributed by atoms with Crippen molar-refractivity contribution in [1.82, 2.24) is 5.32 Å². The molecular formula is C20H25N. The Morgan fingerprint density at radius 1 is 0.857 bits per heavy atom. The van der Waals surface area contributed by atoms with Gasteiger partial charge in [-0.15, -0.1) is 0 Å². The topological polar surface area (TPSA) is 12.0 Å². The Balaban J connectivity index is 1.78. The molecule has 0 fully saturated rings. The Bertz CT molecular complexity index is 570. The summed E-state index contributed by atoms with van der Waals surface area (Å²) in [6.45, 7) is 6.96. The van der Waals surface area contributed by atoms with Crippen LogP contribution in [0.3, 0.4) is 0 Å². The predicted molar refractivity (Wildman–Crippen MR) is 89.4 cm³/mol. The van der Waals surface area contributed by atoms with Gasteiger partial charge in [-0.25, -0.2) is 0 Å². The minimum absolute atomic E-state index is 0.204. The minimum Gasteiger partial charge on any atom is -0.306 e. The molecule has 1 unspecified atom stereocenters. The summed E-state index contributed by atoms with van der Waals surface area (Å²) in [5, 5.41) is 3.92. The highest BCUT2D eigenvalue weighted by atomic mass is 15.0. The van der Waals surface area contributed by atoms with Crippen LogP contribution in [0.15, 0.2) is 54.6 Å². The lowest BCUT2D eigenvalue weighted by molar-refractivity contribution is 0.250. The first-order chi connectivity index (χ1) is 10.0. The number of rotatable bonds is 3. The fourth-order valence-corrected chi connectivity index (χ4v) is 3.40. The van der Waals surface area contributed by atoms with Crippen LogP contribution in [0.25, 0.3) is 0 Å². The standard InChI is InChI=1S/C20H25N/c1-20(2,3)19(15-9-5-4-6-10-15)21-18-13-16-11-7-8-12-17(16)14-18/h4-12,18-19,21H,13-14H2,1-3H3. The molecule has 0 saturated carbocycles. The van der Waals surface area contributed by atoms with E-state index in [1.54, 1.807) is 0 Å². The Morgan fingerprint density at radius 2 is 1.38 bits per heavy atom. The summed E-state index contributed by atoms with van der Waals surface area (Å²) in [7, 11) is 0. The van der Waals surface area contributed by atoms with E-state index < -0.39 is 0 Å². The molecule has 1 atom stereocenters. The van der Waals surface area contributed by atoms with E-state index in [1.165, 1.54) is 16.7 Å². The van der Waals surface area contributed by atoms with Gasteiger partial charge in [0.15, 0.2) is 0 Å². The maximum atomic E-state index is 3.92. The molecule has 0 amide bonds. The van der Waals surface area contributed by atoms with E-state index in [4.69, 9.17) is 0 Å². The van der Waals surface area contributed by atoms with Crippen molar-refractivity contribution in [2.24, 2.45) is 5.41 Å². The van der Waals surface area contributed by atoms with Gasteiger partial charge in [-0.2, -0.15) is 0 Å². The van der Waals surface area contributed by atoms with Crippen LogP contribution in [0, 0.1) is 5.41 Å². The summed E-state index contributed by atoms with van der Waals surface area (Å²) in [5.41, 5.74) is 4.61. The van der Waals surface area contributed by atoms with Crippen molar-refractivity contribution in [1.29, 1.82) is 0 Å². The van der Waals surface area contributed by atoms with Gasteiger partial charge < -0.3 is 5.32 Å². The molecule has 0 radical (unpaired) electrons. The van der Waals surface area contributed by atoms with Crippen LogP contribution in [-0.2, 0) is 12.8 Å². The number of nitrogens with one attached hydrogen (secondary N) is 1. The van der Waals surface area contributed by atoms with Crippen molar-refractivity contribution in [3.63, 3.8) is 0 Å². The Labute approximate surface area is 128 Å². The monoisotopic (exact) mass is 279 g/mol. The quantitative estimate of drug-likeness (QED) is 0.870. The molecule has 2 aromatic carbocycles. The van der Waals surface area contributed by atoms with Crippen molar-refractivity contribution < 1.29 is 0 Å². The second-order valence-electron chi connectivity index (χ2n) is 7.25. The predicted octanol–water partition coefficient (Wildman–Crippen LogP) is 4.53. The summed E-state index contributed by atoms with van der Waals surface area (Å²) in [5.74, 6) is 0. The second-order valence-corrected chi connectivity index (χ2v) is 7.25. The molecule has 0 aliphatic heterocycles. The molecule has 0 bridgehead atoms. The maximum Gasteiger partial charge on any atom is 0.0371 e. The van der Waals surface area contributed by atoms with Crippen molar-refractivity contribution in [2.45, 2.75) is 45.7 Å². The first kappa shape index (κ1) is 14.3. The zero-order chi connectivity index (χ0) is 14.9. The summed E-state index contributed by atoms with van der Waals surface area (Å²) in [4.78, 5) is 0. The van der Waals surface area contributed by atoms with E-state index in [0.29, 0.717) is 12.1 Å². The van der Waals surface area contributed by atoms with Crippen LogP contribution in [-0.4, -0.2) is 6.04 Å². The summed E-state index contributed by atoms with van der Waals surface area (Å²) in [6.07, 6.45) is 2.30. The molecule has 0 spiro atoms. The molecular weight excluding hydrogens is 254 g/mol. The third-order valence-electron chi connectivity index (χ3n) is 4.45. The van der Waals surface area contributed by atoms with Gasteiger partial charge >= 0.3 is 0 Å². The lowest BCUT2D eigenvalue weighted by Gasteiger charge is -2.34. The number of fused-ring (bicyclic) bond motifs is 1. The van der Waals surface area contributed by atoms with Gasteiger partial charge in [0.1, 0.15) is 0 Å². The van der Waals surface area contributed by atoms with E-state index in [1.807, 2.05) is 0 Å². The molecule has 1 aliphatic carbocycles. The smallest absolute Gasteiger partial charge is 0.0371 e. The van der Waals surface area contributed by atoms with Crippen LogP contribution in [0.5, 0.6) is 0 Å². The molecule has 1 nitrogen and oxygen atoms in total. The molecule has 3 rings (SSSR count). The molecule has 1 N–H and O–H groups in total. The molecule has 0 aromatic heterocycles. The minimum atomic E-state index is 0.204. The molecule has 0 heterocycles. The van der Waals surface area contributed by atoms with E-state index in [9.17, 15) is 0 Å². The first-order valence-corrected chi connectivity index (χ1v) is 7.92. The molecule has 21 heavy (non-hydrogen) atoms. The zero-order valence-electron chi connectivity index (χ0n) is 13.3. The Hall–Kier alpha value is -1.60.